The Morgan fingerprint density at radius 3 is 2.05 bits per heavy atom. The topological polar surface area (TPSA) is 26.0 Å². The third-order valence-corrected chi connectivity index (χ3v) is 4.42. The zero-order valence-corrected chi connectivity index (χ0v) is 14.2. The summed E-state index contributed by atoms with van der Waals surface area (Å²) in [5, 5.41) is 0. The number of hydrogen-bond acceptors (Lipinski definition) is 1. The minimum absolute atomic E-state index is 0.329. The predicted octanol–water partition coefficient (Wildman–Crippen LogP) is 5.79. The van der Waals surface area contributed by atoms with E-state index in [4.69, 9.17) is 5.73 Å². The van der Waals surface area contributed by atoms with Crippen molar-refractivity contribution in [2.45, 2.75) is 90.5 Å². The molecule has 0 spiro atoms. The van der Waals surface area contributed by atoms with Gasteiger partial charge in [0.05, 0.1) is 0 Å². The minimum atomic E-state index is 0.329. The summed E-state index contributed by atoms with van der Waals surface area (Å²) in [6.07, 6.45) is 14.7. The van der Waals surface area contributed by atoms with Crippen molar-refractivity contribution in [3.63, 3.8) is 0 Å². The highest BCUT2D eigenvalue weighted by Gasteiger charge is 2.05. The van der Waals surface area contributed by atoms with Crippen LogP contribution in [-0.2, 0) is 6.42 Å². The first kappa shape index (κ1) is 18.2. The van der Waals surface area contributed by atoms with Gasteiger partial charge in [0.15, 0.2) is 0 Å². The van der Waals surface area contributed by atoms with Gasteiger partial charge in [0.2, 0.25) is 0 Å². The van der Waals surface area contributed by atoms with Crippen LogP contribution in [0.5, 0.6) is 0 Å². The van der Waals surface area contributed by atoms with Crippen molar-refractivity contribution in [2.24, 2.45) is 5.73 Å². The Balaban J connectivity index is 1.99. The second kappa shape index (κ2) is 11.8. The lowest BCUT2D eigenvalue weighted by Crippen LogP contribution is -2.23. The second-order valence-electron chi connectivity index (χ2n) is 6.51. The maximum atomic E-state index is 6.27. The average molecular weight is 290 g/mol. The Labute approximate surface area is 132 Å². The third-order valence-electron chi connectivity index (χ3n) is 4.42. The molecule has 120 valence electrons. The van der Waals surface area contributed by atoms with Crippen LogP contribution in [-0.4, -0.2) is 6.04 Å². The first-order valence-electron chi connectivity index (χ1n) is 9.04. The molecule has 0 aliphatic rings. The lowest BCUT2D eigenvalue weighted by Gasteiger charge is -2.13. The summed E-state index contributed by atoms with van der Waals surface area (Å²) in [7, 11) is 0. The molecule has 2 N–H and O–H groups in total. The third kappa shape index (κ3) is 8.93. The Morgan fingerprint density at radius 1 is 0.857 bits per heavy atom. The maximum absolute atomic E-state index is 6.27. The van der Waals surface area contributed by atoms with Crippen molar-refractivity contribution >= 4 is 0 Å². The molecule has 0 aliphatic heterocycles. The van der Waals surface area contributed by atoms with E-state index in [0.29, 0.717) is 6.04 Å². The van der Waals surface area contributed by atoms with E-state index in [1.807, 2.05) is 0 Å². The first-order valence-corrected chi connectivity index (χ1v) is 9.04. The number of rotatable bonds is 12. The highest BCUT2D eigenvalue weighted by atomic mass is 14.6. The van der Waals surface area contributed by atoms with E-state index in [9.17, 15) is 0 Å². The smallest absolute Gasteiger partial charge is 0.00794 e. The molecule has 0 heterocycles. The zero-order valence-electron chi connectivity index (χ0n) is 14.2. The number of benzene rings is 1. The van der Waals surface area contributed by atoms with Crippen molar-refractivity contribution in [3.05, 3.63) is 35.4 Å². The van der Waals surface area contributed by atoms with E-state index in [-0.39, 0.29) is 0 Å². The molecule has 0 aromatic heterocycles. The van der Waals surface area contributed by atoms with Crippen molar-refractivity contribution in [1.29, 1.82) is 0 Å². The molecule has 0 radical (unpaired) electrons. The fourth-order valence-electron chi connectivity index (χ4n) is 2.94. The maximum Gasteiger partial charge on any atom is 0.00794 e. The van der Waals surface area contributed by atoms with Crippen LogP contribution in [0.3, 0.4) is 0 Å². The summed E-state index contributed by atoms with van der Waals surface area (Å²) in [6.45, 7) is 4.46. The van der Waals surface area contributed by atoms with Gasteiger partial charge in [0, 0.05) is 6.04 Å². The van der Waals surface area contributed by atoms with Gasteiger partial charge in [0.1, 0.15) is 0 Å². The average Bonchev–Trinajstić information content (AvgIpc) is 2.48. The molecule has 0 saturated carbocycles. The van der Waals surface area contributed by atoms with Crippen LogP contribution >= 0.6 is 0 Å². The van der Waals surface area contributed by atoms with Gasteiger partial charge in [-0.15, -0.1) is 0 Å². The summed E-state index contributed by atoms with van der Waals surface area (Å²) < 4.78 is 0. The molecule has 21 heavy (non-hydrogen) atoms. The number of unbranched alkanes of at least 4 members (excludes halogenated alkanes) is 8. The van der Waals surface area contributed by atoms with E-state index in [0.717, 1.165) is 6.42 Å². The van der Waals surface area contributed by atoms with E-state index < -0.39 is 0 Å². The lowest BCUT2D eigenvalue weighted by molar-refractivity contribution is 0.521. The molecule has 1 aromatic rings. The molecule has 0 bridgehead atoms. The van der Waals surface area contributed by atoms with Crippen LogP contribution in [0.4, 0.5) is 0 Å². The van der Waals surface area contributed by atoms with Gasteiger partial charge in [0.25, 0.3) is 0 Å². The van der Waals surface area contributed by atoms with Crippen molar-refractivity contribution < 1.29 is 0 Å². The molecule has 0 fully saturated rings. The summed E-state index contributed by atoms with van der Waals surface area (Å²) in [5.41, 5.74) is 9.06. The van der Waals surface area contributed by atoms with Crippen LogP contribution in [0.15, 0.2) is 24.3 Å². The van der Waals surface area contributed by atoms with Crippen molar-refractivity contribution in [3.8, 4) is 0 Å². The van der Waals surface area contributed by atoms with Gasteiger partial charge in [-0.2, -0.15) is 0 Å². The molecule has 1 heteroatoms. The van der Waals surface area contributed by atoms with Gasteiger partial charge in [-0.3, -0.25) is 0 Å². The first-order chi connectivity index (χ1) is 10.2. The van der Waals surface area contributed by atoms with Gasteiger partial charge in [-0.1, -0.05) is 89.0 Å². The van der Waals surface area contributed by atoms with Gasteiger partial charge >= 0.3 is 0 Å². The van der Waals surface area contributed by atoms with E-state index in [2.05, 4.69) is 38.1 Å². The highest BCUT2D eigenvalue weighted by molar-refractivity contribution is 5.26. The summed E-state index contributed by atoms with van der Waals surface area (Å²) >= 11 is 0. The molecule has 1 nitrogen and oxygen atoms in total. The molecule has 0 aliphatic carbocycles. The van der Waals surface area contributed by atoms with Crippen LogP contribution in [0.1, 0.15) is 82.3 Å². The second-order valence-corrected chi connectivity index (χ2v) is 6.51. The largest absolute Gasteiger partial charge is 0.327 e. The molecule has 1 aromatic carbocycles. The number of nitrogens with two attached hydrogens (primary N) is 1. The SMILES string of the molecule is CCCCCCCCCCCC(N)Cc1ccccc1C. The van der Waals surface area contributed by atoms with E-state index in [1.54, 1.807) is 0 Å². The van der Waals surface area contributed by atoms with E-state index >= 15 is 0 Å². The van der Waals surface area contributed by atoms with Gasteiger partial charge < -0.3 is 5.73 Å². The van der Waals surface area contributed by atoms with Crippen LogP contribution in [0.25, 0.3) is 0 Å². The van der Waals surface area contributed by atoms with Crippen LogP contribution < -0.4 is 5.73 Å². The molecular weight excluding hydrogens is 254 g/mol. The monoisotopic (exact) mass is 289 g/mol. The molecule has 1 atom stereocenters. The lowest BCUT2D eigenvalue weighted by atomic mass is 9.97. The Kier molecular flexibility index (Phi) is 10.2. The fourth-order valence-corrected chi connectivity index (χ4v) is 2.94. The Hall–Kier alpha value is -0.820. The molecular formula is C20H35N. The predicted molar refractivity (Wildman–Crippen MR) is 94.7 cm³/mol. The standard InChI is InChI=1S/C20H35N/c1-3-4-5-6-7-8-9-10-11-16-20(21)17-19-15-13-12-14-18(19)2/h12-15,20H,3-11,16-17,21H2,1-2H3. The van der Waals surface area contributed by atoms with Crippen LogP contribution in [0.2, 0.25) is 0 Å². The number of aryl methyl sites for hydroxylation is 1. The molecule has 1 rings (SSSR count). The number of hydrogen-bond donors (Lipinski definition) is 1. The summed E-state index contributed by atoms with van der Waals surface area (Å²) in [4.78, 5) is 0. The van der Waals surface area contributed by atoms with Crippen molar-refractivity contribution in [2.75, 3.05) is 0 Å². The minimum Gasteiger partial charge on any atom is -0.327 e. The van der Waals surface area contributed by atoms with Crippen molar-refractivity contribution in [1.82, 2.24) is 0 Å². The van der Waals surface area contributed by atoms with Gasteiger partial charge in [-0.25, -0.2) is 0 Å². The Bertz CT molecular complexity index is 359. The quantitative estimate of drug-likeness (QED) is 0.484. The summed E-state index contributed by atoms with van der Waals surface area (Å²) in [5.74, 6) is 0. The fraction of sp³-hybridized carbons (Fsp3) is 0.700. The normalized spacial score (nSPS) is 12.5. The van der Waals surface area contributed by atoms with Gasteiger partial charge in [-0.05, 0) is 30.9 Å². The molecule has 0 amide bonds. The Morgan fingerprint density at radius 2 is 1.43 bits per heavy atom. The molecule has 0 saturated heterocycles. The summed E-state index contributed by atoms with van der Waals surface area (Å²) in [6, 6.07) is 8.94. The van der Waals surface area contributed by atoms with E-state index in [1.165, 1.54) is 75.3 Å². The highest BCUT2D eigenvalue weighted by Crippen LogP contribution is 2.14. The molecule has 1 unspecified atom stereocenters. The zero-order chi connectivity index (χ0) is 15.3. The van der Waals surface area contributed by atoms with Crippen LogP contribution in [0, 0.1) is 6.92 Å².